The van der Waals surface area contributed by atoms with E-state index >= 15 is 0 Å². The zero-order valence-electron chi connectivity index (χ0n) is 11.4. The molecule has 0 aliphatic heterocycles. The Morgan fingerprint density at radius 1 is 1.35 bits per heavy atom. The van der Waals surface area contributed by atoms with Gasteiger partial charge in [-0.15, -0.1) is 11.3 Å². The van der Waals surface area contributed by atoms with Crippen LogP contribution in [0.15, 0.2) is 11.5 Å². The predicted molar refractivity (Wildman–Crippen MR) is 80.3 cm³/mol. The number of nitrogen functional groups attached to an aromatic ring is 1. The van der Waals surface area contributed by atoms with Gasteiger partial charge in [-0.05, 0) is 37.0 Å². The van der Waals surface area contributed by atoms with Gasteiger partial charge in [0.25, 0.3) is 0 Å². The highest BCUT2D eigenvalue weighted by Gasteiger charge is 2.36. The lowest BCUT2D eigenvalue weighted by Crippen LogP contribution is -2.18. The van der Waals surface area contributed by atoms with Gasteiger partial charge in [-0.1, -0.05) is 25.3 Å². The summed E-state index contributed by atoms with van der Waals surface area (Å²) in [6, 6.07) is 0. The molecule has 4 nitrogen and oxygen atoms in total. The Balaban J connectivity index is 1.86. The smallest absolute Gasteiger partial charge is 0.337 e. The average Bonchev–Trinajstić information content (AvgIpc) is 3.02. The molecule has 0 spiro atoms. The van der Waals surface area contributed by atoms with E-state index in [1.807, 2.05) is 6.08 Å². The minimum Gasteiger partial charge on any atom is -0.478 e. The van der Waals surface area contributed by atoms with Gasteiger partial charge in [0.1, 0.15) is 0 Å². The number of nitrogens with two attached hydrogens (primary N) is 1. The fraction of sp³-hybridized carbons (Fsp3) is 0.600. The van der Waals surface area contributed by atoms with Crippen molar-refractivity contribution in [3.05, 3.63) is 17.2 Å². The fourth-order valence-corrected chi connectivity index (χ4v) is 4.44. The van der Waals surface area contributed by atoms with Crippen molar-refractivity contribution < 1.29 is 9.90 Å². The van der Waals surface area contributed by atoms with Crippen molar-refractivity contribution in [2.45, 2.75) is 38.5 Å². The number of allylic oxidation sites excluding steroid dienone is 1. The third-order valence-electron chi connectivity index (χ3n) is 4.80. The second-order valence-corrected chi connectivity index (χ2v) is 6.80. The summed E-state index contributed by atoms with van der Waals surface area (Å²) < 4.78 is 0. The van der Waals surface area contributed by atoms with Crippen LogP contribution in [0.4, 0.5) is 5.13 Å². The van der Waals surface area contributed by atoms with Gasteiger partial charge in [0.2, 0.25) is 0 Å². The molecular weight excluding hydrogens is 272 g/mol. The van der Waals surface area contributed by atoms with Gasteiger partial charge < -0.3 is 10.8 Å². The number of anilines is 1. The van der Waals surface area contributed by atoms with Gasteiger partial charge >= 0.3 is 5.97 Å². The largest absolute Gasteiger partial charge is 0.478 e. The summed E-state index contributed by atoms with van der Waals surface area (Å²) in [6.07, 6.45) is 9.51. The summed E-state index contributed by atoms with van der Waals surface area (Å²) in [5.41, 5.74) is 6.46. The molecule has 0 radical (unpaired) electrons. The highest BCUT2D eigenvalue weighted by atomic mass is 32.1. The molecule has 0 amide bonds. The van der Waals surface area contributed by atoms with Gasteiger partial charge in [-0.25, -0.2) is 9.78 Å². The molecule has 20 heavy (non-hydrogen) atoms. The predicted octanol–water partition coefficient (Wildman–Crippen LogP) is 3.41. The standard InChI is InChI=1S/C15H20N2O2S/c16-15-17-13(8-20-15)12(14(18)19)7-10-6-5-9-3-1-2-4-11(9)10/h7-11H,1-6H2,(H2,16,17)(H,18,19). The van der Waals surface area contributed by atoms with E-state index < -0.39 is 5.97 Å². The summed E-state index contributed by atoms with van der Waals surface area (Å²) in [5, 5.41) is 11.6. The number of carboxylic acids is 1. The lowest BCUT2D eigenvalue weighted by atomic mass is 9.77. The number of thiazole rings is 1. The van der Waals surface area contributed by atoms with Crippen molar-refractivity contribution in [1.82, 2.24) is 4.98 Å². The maximum absolute atomic E-state index is 11.5. The minimum absolute atomic E-state index is 0.328. The molecule has 2 saturated carbocycles. The number of rotatable bonds is 3. The zero-order valence-corrected chi connectivity index (χ0v) is 12.2. The summed E-state index contributed by atoms with van der Waals surface area (Å²) in [4.78, 5) is 15.6. The molecule has 2 fully saturated rings. The molecule has 3 unspecified atom stereocenters. The Hall–Kier alpha value is -1.36. The van der Waals surface area contributed by atoms with Crippen LogP contribution >= 0.6 is 11.3 Å². The Labute approximate surface area is 122 Å². The maximum Gasteiger partial charge on any atom is 0.337 e. The lowest BCUT2D eigenvalue weighted by molar-refractivity contribution is -0.130. The molecule has 2 aliphatic carbocycles. The first-order valence-electron chi connectivity index (χ1n) is 7.31. The van der Waals surface area contributed by atoms with Crippen molar-refractivity contribution in [2.75, 3.05) is 5.73 Å². The van der Waals surface area contributed by atoms with Crippen LogP contribution in [0.2, 0.25) is 0 Å². The normalized spacial score (nSPS) is 30.2. The SMILES string of the molecule is Nc1nc(C(=CC2CCC3CCCCC23)C(=O)O)cs1. The van der Waals surface area contributed by atoms with E-state index in [4.69, 9.17) is 5.73 Å². The van der Waals surface area contributed by atoms with Gasteiger partial charge in [0, 0.05) is 5.38 Å². The molecule has 1 aromatic rings. The van der Waals surface area contributed by atoms with Crippen LogP contribution in [0, 0.1) is 17.8 Å². The number of aliphatic carboxylic acids is 1. The first kappa shape index (κ1) is 13.6. The van der Waals surface area contributed by atoms with Crippen LogP contribution in [-0.2, 0) is 4.79 Å². The van der Waals surface area contributed by atoms with Crippen molar-refractivity contribution in [2.24, 2.45) is 17.8 Å². The third kappa shape index (κ3) is 2.59. The molecule has 2 aliphatic rings. The quantitative estimate of drug-likeness (QED) is 0.837. The third-order valence-corrected chi connectivity index (χ3v) is 5.47. The van der Waals surface area contributed by atoms with E-state index in [9.17, 15) is 9.90 Å². The number of carboxylic acid groups (broad SMARTS) is 1. The number of hydrogen-bond acceptors (Lipinski definition) is 4. The second kappa shape index (κ2) is 5.56. The molecule has 3 atom stereocenters. The highest BCUT2D eigenvalue weighted by molar-refractivity contribution is 7.13. The summed E-state index contributed by atoms with van der Waals surface area (Å²) >= 11 is 1.29. The molecular formula is C15H20N2O2S. The van der Waals surface area contributed by atoms with Crippen LogP contribution in [0.1, 0.15) is 44.2 Å². The van der Waals surface area contributed by atoms with E-state index in [1.54, 1.807) is 5.38 Å². The Morgan fingerprint density at radius 2 is 2.15 bits per heavy atom. The van der Waals surface area contributed by atoms with Crippen molar-refractivity contribution in [3.63, 3.8) is 0 Å². The van der Waals surface area contributed by atoms with Gasteiger partial charge in [-0.2, -0.15) is 0 Å². The fourth-order valence-electron chi connectivity index (χ4n) is 3.88. The number of aromatic nitrogens is 1. The topological polar surface area (TPSA) is 76.2 Å². The van der Waals surface area contributed by atoms with E-state index in [2.05, 4.69) is 4.98 Å². The van der Waals surface area contributed by atoms with Gasteiger partial charge in [-0.3, -0.25) is 0 Å². The molecule has 1 aromatic heterocycles. The monoisotopic (exact) mass is 292 g/mol. The summed E-state index contributed by atoms with van der Waals surface area (Å²) in [5.74, 6) is 0.985. The van der Waals surface area contributed by atoms with E-state index in [1.165, 1.54) is 43.4 Å². The highest BCUT2D eigenvalue weighted by Crippen LogP contribution is 2.47. The summed E-state index contributed by atoms with van der Waals surface area (Å²) in [7, 11) is 0. The Morgan fingerprint density at radius 3 is 2.85 bits per heavy atom. The molecule has 1 heterocycles. The number of fused-ring (bicyclic) bond motifs is 1. The number of carbonyl (C=O) groups is 1. The van der Waals surface area contributed by atoms with E-state index in [-0.39, 0.29) is 0 Å². The van der Waals surface area contributed by atoms with Crippen molar-refractivity contribution in [1.29, 1.82) is 0 Å². The van der Waals surface area contributed by atoms with Crippen molar-refractivity contribution in [3.8, 4) is 0 Å². The van der Waals surface area contributed by atoms with Crippen LogP contribution in [0.5, 0.6) is 0 Å². The molecule has 3 rings (SSSR count). The number of hydrogen-bond donors (Lipinski definition) is 2. The first-order valence-corrected chi connectivity index (χ1v) is 8.19. The average molecular weight is 292 g/mol. The molecule has 3 N–H and O–H groups in total. The Bertz CT molecular complexity index is 538. The van der Waals surface area contributed by atoms with Gasteiger partial charge in [0.15, 0.2) is 5.13 Å². The van der Waals surface area contributed by atoms with E-state index in [0.717, 1.165) is 12.3 Å². The summed E-state index contributed by atoms with van der Waals surface area (Å²) in [6.45, 7) is 0. The van der Waals surface area contributed by atoms with Crippen molar-refractivity contribution >= 4 is 28.0 Å². The van der Waals surface area contributed by atoms with Crippen LogP contribution in [0.25, 0.3) is 5.57 Å². The lowest BCUT2D eigenvalue weighted by Gasteiger charge is -2.28. The first-order chi connectivity index (χ1) is 9.65. The Kier molecular flexibility index (Phi) is 3.78. The molecule has 5 heteroatoms. The van der Waals surface area contributed by atoms with E-state index in [0.29, 0.717) is 28.2 Å². The maximum atomic E-state index is 11.5. The minimum atomic E-state index is -0.894. The molecule has 0 bridgehead atoms. The second-order valence-electron chi connectivity index (χ2n) is 5.91. The van der Waals surface area contributed by atoms with Crippen LogP contribution in [-0.4, -0.2) is 16.1 Å². The number of nitrogens with zero attached hydrogens (tertiary/aromatic N) is 1. The van der Waals surface area contributed by atoms with Crippen LogP contribution in [0.3, 0.4) is 0 Å². The zero-order chi connectivity index (χ0) is 14.1. The molecule has 0 saturated heterocycles. The van der Waals surface area contributed by atoms with Gasteiger partial charge in [0.05, 0.1) is 11.3 Å². The van der Waals surface area contributed by atoms with Crippen LogP contribution < -0.4 is 5.73 Å². The molecule has 108 valence electrons. The molecule has 0 aromatic carbocycles.